The molecular formula is C28H23F2N5O4S. The van der Waals surface area contributed by atoms with Crippen molar-refractivity contribution >= 4 is 21.3 Å². The molecule has 0 bridgehead atoms. The predicted molar refractivity (Wildman–Crippen MR) is 144 cm³/mol. The molecule has 0 radical (unpaired) electrons. The Morgan fingerprint density at radius 2 is 1.82 bits per heavy atom. The van der Waals surface area contributed by atoms with Crippen LogP contribution in [0.4, 0.5) is 14.5 Å². The minimum atomic E-state index is -3.14. The van der Waals surface area contributed by atoms with Crippen molar-refractivity contribution in [2.24, 2.45) is 0 Å². The first-order valence-corrected chi connectivity index (χ1v) is 13.6. The first kappa shape index (κ1) is 28.1. The Hall–Kier alpha value is -4.89. The number of nitriles is 1. The fourth-order valence-corrected chi connectivity index (χ4v) is 4.46. The van der Waals surface area contributed by atoms with Crippen molar-refractivity contribution in [2.45, 2.75) is 18.4 Å². The minimum absolute atomic E-state index is 0.00758. The molecular weight excluding hydrogens is 540 g/mol. The molecule has 0 aliphatic heterocycles. The number of hydrogen-bond donors (Lipinski definition) is 2. The van der Waals surface area contributed by atoms with Gasteiger partial charge in [-0.1, -0.05) is 24.3 Å². The highest BCUT2D eigenvalue weighted by molar-refractivity contribution is 7.91. The Morgan fingerprint density at radius 3 is 2.45 bits per heavy atom. The van der Waals surface area contributed by atoms with E-state index in [9.17, 15) is 23.0 Å². The molecule has 2 N–H and O–H groups in total. The lowest BCUT2D eigenvalue weighted by molar-refractivity contribution is 0.102. The largest absolute Gasteiger partial charge is 0.493 e. The monoisotopic (exact) mass is 563 g/mol. The topological polar surface area (TPSA) is 138 Å². The summed E-state index contributed by atoms with van der Waals surface area (Å²) in [4.78, 5) is 22.0. The van der Waals surface area contributed by atoms with Gasteiger partial charge in [-0.05, 0) is 42.3 Å². The summed E-state index contributed by atoms with van der Waals surface area (Å²) in [5.74, 6) is -0.283. The van der Waals surface area contributed by atoms with Gasteiger partial charge in [0.05, 0.1) is 28.5 Å². The Morgan fingerprint density at radius 1 is 1.10 bits per heavy atom. The molecule has 4 rings (SSSR count). The lowest BCUT2D eigenvalue weighted by Gasteiger charge is -2.17. The summed E-state index contributed by atoms with van der Waals surface area (Å²) in [7, 11) is -1.73. The molecule has 204 valence electrons. The van der Waals surface area contributed by atoms with Gasteiger partial charge in [0.1, 0.15) is 10.6 Å². The van der Waals surface area contributed by atoms with Crippen molar-refractivity contribution in [1.29, 1.82) is 10.0 Å². The van der Waals surface area contributed by atoms with Crippen LogP contribution in [0.3, 0.4) is 0 Å². The van der Waals surface area contributed by atoms with Gasteiger partial charge in [-0.15, -0.1) is 0 Å². The summed E-state index contributed by atoms with van der Waals surface area (Å²) in [5, 5.41) is 11.9. The third-order valence-electron chi connectivity index (χ3n) is 5.90. The van der Waals surface area contributed by atoms with Crippen LogP contribution in [0.5, 0.6) is 17.4 Å². The lowest BCUT2D eigenvalue weighted by atomic mass is 9.97. The summed E-state index contributed by atoms with van der Waals surface area (Å²) in [6.45, 7) is 1.66. The van der Waals surface area contributed by atoms with Crippen molar-refractivity contribution in [2.75, 3.05) is 18.7 Å². The van der Waals surface area contributed by atoms with Crippen LogP contribution in [0.2, 0.25) is 0 Å². The maximum atomic E-state index is 13.6. The number of ether oxygens (including phenoxy) is 2. The van der Waals surface area contributed by atoms with Gasteiger partial charge in [-0.3, -0.25) is 4.79 Å². The lowest BCUT2D eigenvalue weighted by Crippen LogP contribution is -2.16. The summed E-state index contributed by atoms with van der Waals surface area (Å²) in [6, 6.07) is 15.0. The zero-order valence-corrected chi connectivity index (χ0v) is 22.4. The molecule has 4 aromatic rings. The van der Waals surface area contributed by atoms with Crippen LogP contribution in [0.1, 0.15) is 33.5 Å². The molecule has 0 aliphatic carbocycles. The van der Waals surface area contributed by atoms with E-state index in [0.717, 1.165) is 0 Å². The SMILES string of the molecule is COc1cc(C#N)ccc1Oc1ncc(-c2ccc(C(F)F)cc2)c(C)c1C(=O)Nc1ccnc([S@](C)(=N)=O)c1. The van der Waals surface area contributed by atoms with Gasteiger partial charge in [-0.25, -0.2) is 27.7 Å². The van der Waals surface area contributed by atoms with Crippen LogP contribution in [0, 0.1) is 23.0 Å². The molecule has 0 saturated carbocycles. The number of alkyl halides is 2. The van der Waals surface area contributed by atoms with E-state index in [2.05, 4.69) is 15.3 Å². The zero-order valence-electron chi connectivity index (χ0n) is 21.6. The fraction of sp³-hybridized carbons (Fsp3) is 0.143. The van der Waals surface area contributed by atoms with Gasteiger partial charge in [0.2, 0.25) is 5.88 Å². The van der Waals surface area contributed by atoms with Crippen molar-refractivity contribution in [1.82, 2.24) is 9.97 Å². The average molecular weight is 564 g/mol. The molecule has 2 aromatic carbocycles. The van der Waals surface area contributed by atoms with E-state index in [1.807, 2.05) is 6.07 Å². The van der Waals surface area contributed by atoms with E-state index in [1.54, 1.807) is 6.92 Å². The molecule has 40 heavy (non-hydrogen) atoms. The first-order chi connectivity index (χ1) is 19.0. The third kappa shape index (κ3) is 6.05. The maximum Gasteiger partial charge on any atom is 0.263 e. The molecule has 0 saturated heterocycles. The van der Waals surface area contributed by atoms with Crippen molar-refractivity contribution in [3.63, 3.8) is 0 Å². The maximum absolute atomic E-state index is 13.6. The van der Waals surface area contributed by atoms with E-state index in [4.69, 9.17) is 14.3 Å². The van der Waals surface area contributed by atoms with Crippen LogP contribution in [0.25, 0.3) is 11.1 Å². The summed E-state index contributed by atoms with van der Waals surface area (Å²) in [5.41, 5.74) is 1.96. The molecule has 1 atom stereocenters. The highest BCUT2D eigenvalue weighted by atomic mass is 32.2. The number of methoxy groups -OCH3 is 1. The third-order valence-corrected chi connectivity index (χ3v) is 6.92. The standard InChI is InChI=1S/C28H23F2N5O4S/c1-16-21(18-5-7-19(8-6-18)26(29)30)15-34-28(39-22-9-4-17(14-31)12-23(22)38-2)25(16)27(36)35-20-10-11-33-24(13-20)40(3,32)37/h4-13,15,26,32H,1-3H3,(H,33,35,36)/t40-/m1/s1. The summed E-state index contributed by atoms with van der Waals surface area (Å²) >= 11 is 0. The van der Waals surface area contributed by atoms with E-state index in [-0.39, 0.29) is 39.2 Å². The van der Waals surface area contributed by atoms with Crippen LogP contribution in [-0.4, -0.2) is 33.4 Å². The number of halogens is 2. The number of amides is 1. The second-order valence-corrected chi connectivity index (χ2v) is 10.8. The van der Waals surface area contributed by atoms with Crippen LogP contribution >= 0.6 is 0 Å². The van der Waals surface area contributed by atoms with E-state index in [1.165, 1.54) is 80.4 Å². The van der Waals surface area contributed by atoms with Crippen LogP contribution in [-0.2, 0) is 9.73 Å². The Bertz CT molecular complexity index is 1740. The number of anilines is 1. The van der Waals surface area contributed by atoms with E-state index < -0.39 is 22.1 Å². The van der Waals surface area contributed by atoms with Crippen molar-refractivity contribution < 1.29 is 27.3 Å². The number of benzene rings is 2. The van der Waals surface area contributed by atoms with Crippen LogP contribution in [0.15, 0.2) is 72.0 Å². The Balaban J connectivity index is 1.81. The average Bonchev–Trinajstić information content (AvgIpc) is 2.93. The first-order valence-electron chi connectivity index (χ1n) is 11.7. The molecule has 9 nitrogen and oxygen atoms in total. The number of carbonyl (C=O) groups is 1. The van der Waals surface area contributed by atoms with Gasteiger partial charge >= 0.3 is 0 Å². The van der Waals surface area contributed by atoms with Gasteiger partial charge in [0.25, 0.3) is 12.3 Å². The number of carbonyl (C=O) groups excluding carboxylic acids is 1. The molecule has 0 aliphatic rings. The van der Waals surface area contributed by atoms with Crippen LogP contribution < -0.4 is 14.8 Å². The quantitative estimate of drug-likeness (QED) is 0.255. The van der Waals surface area contributed by atoms with Gasteiger partial charge in [0.15, 0.2) is 11.5 Å². The highest BCUT2D eigenvalue weighted by Crippen LogP contribution is 2.37. The van der Waals surface area contributed by atoms with E-state index >= 15 is 0 Å². The Kier molecular flexibility index (Phi) is 8.06. The van der Waals surface area contributed by atoms with Crippen molar-refractivity contribution in [3.05, 3.63) is 89.2 Å². The molecule has 0 unspecified atom stereocenters. The number of rotatable bonds is 8. The molecule has 2 aromatic heterocycles. The van der Waals surface area contributed by atoms with Crippen molar-refractivity contribution in [3.8, 4) is 34.6 Å². The van der Waals surface area contributed by atoms with Gasteiger partial charge in [-0.2, -0.15) is 5.26 Å². The zero-order chi connectivity index (χ0) is 29.0. The number of nitrogens with one attached hydrogen (secondary N) is 2. The normalized spacial score (nSPS) is 12.3. The molecule has 12 heteroatoms. The number of aromatic nitrogens is 2. The second kappa shape index (κ2) is 11.5. The smallest absolute Gasteiger partial charge is 0.263 e. The molecule has 2 heterocycles. The number of pyridine rings is 2. The number of hydrogen-bond acceptors (Lipinski definition) is 8. The molecule has 0 spiro atoms. The second-order valence-electron chi connectivity index (χ2n) is 8.66. The molecule has 0 fully saturated rings. The summed E-state index contributed by atoms with van der Waals surface area (Å²) < 4.78 is 57.5. The fourth-order valence-electron chi connectivity index (χ4n) is 3.84. The molecule has 1 amide bonds. The van der Waals surface area contributed by atoms with E-state index in [0.29, 0.717) is 22.3 Å². The predicted octanol–water partition coefficient (Wildman–Crippen LogP) is 6.35. The van der Waals surface area contributed by atoms with Gasteiger partial charge < -0.3 is 14.8 Å². The highest BCUT2D eigenvalue weighted by Gasteiger charge is 2.23. The summed E-state index contributed by atoms with van der Waals surface area (Å²) in [6.07, 6.45) is 1.38. The number of nitrogens with zero attached hydrogens (tertiary/aromatic N) is 3. The minimum Gasteiger partial charge on any atom is -0.493 e. The Labute approximate surface area is 229 Å². The van der Waals surface area contributed by atoms with Gasteiger partial charge in [0, 0.05) is 41.5 Å².